The minimum atomic E-state index is -1.13. The van der Waals surface area contributed by atoms with Crippen LogP contribution in [0.4, 0.5) is 4.79 Å². The van der Waals surface area contributed by atoms with E-state index in [2.05, 4.69) is 0 Å². The maximum atomic E-state index is 11.4. The third-order valence-corrected chi connectivity index (χ3v) is 2.51. The zero-order chi connectivity index (χ0) is 11.5. The standard InChI is InChI=1S/C11H11NO4/c13-10-9(12(7-16-10)11(14)15)6-8-4-2-1-3-5-8/h1-5,9H,6-7H2,(H,14,15). The molecule has 0 spiro atoms. The lowest BCUT2D eigenvalue weighted by molar-refractivity contribution is -0.139. The molecule has 1 N–H and O–H groups in total. The molecule has 0 saturated carbocycles. The van der Waals surface area contributed by atoms with Gasteiger partial charge in [-0.1, -0.05) is 30.3 Å². The SMILES string of the molecule is O=C1OCN(C(=O)O)C1Cc1ccccc1. The van der Waals surface area contributed by atoms with Crippen molar-refractivity contribution < 1.29 is 19.4 Å². The maximum absolute atomic E-state index is 11.4. The third kappa shape index (κ3) is 1.98. The van der Waals surface area contributed by atoms with E-state index < -0.39 is 18.1 Å². The Kier molecular flexibility index (Phi) is 2.76. The molecule has 1 aromatic carbocycles. The number of cyclic esters (lactones) is 1. The molecule has 0 radical (unpaired) electrons. The van der Waals surface area contributed by atoms with Gasteiger partial charge in [-0.3, -0.25) is 4.90 Å². The van der Waals surface area contributed by atoms with Crippen molar-refractivity contribution in [2.75, 3.05) is 6.73 Å². The van der Waals surface area contributed by atoms with E-state index in [9.17, 15) is 9.59 Å². The van der Waals surface area contributed by atoms with E-state index in [1.165, 1.54) is 0 Å². The molecular weight excluding hydrogens is 210 g/mol. The molecule has 1 aliphatic heterocycles. The molecule has 5 heteroatoms. The second-order valence-electron chi connectivity index (χ2n) is 3.55. The van der Waals surface area contributed by atoms with Crippen LogP contribution >= 0.6 is 0 Å². The molecule has 0 aromatic heterocycles. The highest BCUT2D eigenvalue weighted by molar-refractivity contribution is 5.83. The monoisotopic (exact) mass is 221 g/mol. The van der Waals surface area contributed by atoms with Crippen LogP contribution in [-0.2, 0) is 16.0 Å². The van der Waals surface area contributed by atoms with Gasteiger partial charge in [0.1, 0.15) is 6.04 Å². The van der Waals surface area contributed by atoms with Crippen molar-refractivity contribution >= 4 is 12.1 Å². The second kappa shape index (κ2) is 4.22. The topological polar surface area (TPSA) is 66.8 Å². The van der Waals surface area contributed by atoms with Gasteiger partial charge in [0, 0.05) is 6.42 Å². The summed E-state index contributed by atoms with van der Waals surface area (Å²) in [5, 5.41) is 8.87. The quantitative estimate of drug-likeness (QED) is 0.759. The predicted molar refractivity (Wildman–Crippen MR) is 54.8 cm³/mol. The smallest absolute Gasteiger partial charge is 0.410 e. The van der Waals surface area contributed by atoms with Gasteiger partial charge in [-0.2, -0.15) is 0 Å². The van der Waals surface area contributed by atoms with Crippen molar-refractivity contribution in [2.45, 2.75) is 12.5 Å². The summed E-state index contributed by atoms with van der Waals surface area (Å²) in [7, 11) is 0. The van der Waals surface area contributed by atoms with Gasteiger partial charge < -0.3 is 9.84 Å². The van der Waals surface area contributed by atoms with Crippen LogP contribution in [0.3, 0.4) is 0 Å². The third-order valence-electron chi connectivity index (χ3n) is 2.51. The van der Waals surface area contributed by atoms with E-state index in [4.69, 9.17) is 9.84 Å². The van der Waals surface area contributed by atoms with Gasteiger partial charge >= 0.3 is 12.1 Å². The van der Waals surface area contributed by atoms with E-state index in [0.717, 1.165) is 10.5 Å². The minimum absolute atomic E-state index is 0.175. The number of ether oxygens (including phenoxy) is 1. The van der Waals surface area contributed by atoms with Gasteiger partial charge in [0.2, 0.25) is 0 Å². The normalized spacial score (nSPS) is 19.6. The zero-order valence-electron chi connectivity index (χ0n) is 8.50. The molecule has 0 aliphatic carbocycles. The average molecular weight is 221 g/mol. The van der Waals surface area contributed by atoms with Gasteiger partial charge in [0.05, 0.1) is 0 Å². The van der Waals surface area contributed by atoms with Crippen molar-refractivity contribution in [2.24, 2.45) is 0 Å². The molecule has 1 aliphatic rings. The number of hydrogen-bond donors (Lipinski definition) is 1. The van der Waals surface area contributed by atoms with Gasteiger partial charge in [0.15, 0.2) is 6.73 Å². The Morgan fingerprint density at radius 3 is 2.75 bits per heavy atom. The fraction of sp³-hybridized carbons (Fsp3) is 0.273. The summed E-state index contributed by atoms with van der Waals surface area (Å²) in [5.74, 6) is -0.480. The zero-order valence-corrected chi connectivity index (χ0v) is 8.50. The summed E-state index contributed by atoms with van der Waals surface area (Å²) in [5.41, 5.74) is 0.914. The molecule has 1 heterocycles. The van der Waals surface area contributed by atoms with Gasteiger partial charge in [-0.05, 0) is 5.56 Å². The maximum Gasteiger partial charge on any atom is 0.410 e. The number of nitrogens with zero attached hydrogens (tertiary/aromatic N) is 1. The van der Waals surface area contributed by atoms with Crippen LogP contribution in [0.25, 0.3) is 0 Å². The number of amides is 1. The summed E-state index contributed by atoms with van der Waals surface area (Å²) in [6.07, 6.45) is -0.779. The van der Waals surface area contributed by atoms with Crippen LogP contribution in [0.15, 0.2) is 30.3 Å². The van der Waals surface area contributed by atoms with Crippen LogP contribution in [0.1, 0.15) is 5.56 Å². The number of rotatable bonds is 2. The highest BCUT2D eigenvalue weighted by atomic mass is 16.6. The highest BCUT2D eigenvalue weighted by Crippen LogP contribution is 2.16. The fourth-order valence-corrected chi connectivity index (χ4v) is 1.67. The molecule has 1 atom stereocenters. The van der Waals surface area contributed by atoms with Crippen molar-refractivity contribution in [3.05, 3.63) is 35.9 Å². The van der Waals surface area contributed by atoms with Gasteiger partial charge in [-0.25, -0.2) is 9.59 Å². The number of carboxylic acid groups (broad SMARTS) is 1. The lowest BCUT2D eigenvalue weighted by Crippen LogP contribution is -2.38. The van der Waals surface area contributed by atoms with E-state index in [-0.39, 0.29) is 6.73 Å². The van der Waals surface area contributed by atoms with Crippen molar-refractivity contribution in [1.29, 1.82) is 0 Å². The molecule has 5 nitrogen and oxygen atoms in total. The first kappa shape index (κ1) is 10.5. The summed E-state index contributed by atoms with van der Waals surface area (Å²) < 4.78 is 4.72. The molecule has 1 saturated heterocycles. The van der Waals surface area contributed by atoms with E-state index in [1.807, 2.05) is 30.3 Å². The molecule has 84 valence electrons. The minimum Gasteiger partial charge on any atom is -0.465 e. The molecule has 0 bridgehead atoms. The molecule has 16 heavy (non-hydrogen) atoms. The number of hydrogen-bond acceptors (Lipinski definition) is 3. The van der Waals surface area contributed by atoms with Crippen molar-refractivity contribution in [1.82, 2.24) is 4.90 Å². The molecule has 1 amide bonds. The highest BCUT2D eigenvalue weighted by Gasteiger charge is 2.37. The first-order valence-electron chi connectivity index (χ1n) is 4.88. The molecule has 2 rings (SSSR count). The Morgan fingerprint density at radius 2 is 2.12 bits per heavy atom. The van der Waals surface area contributed by atoms with Gasteiger partial charge in [-0.15, -0.1) is 0 Å². The number of carbonyl (C=O) groups is 2. The first-order valence-corrected chi connectivity index (χ1v) is 4.88. The lowest BCUT2D eigenvalue weighted by atomic mass is 10.1. The van der Waals surface area contributed by atoms with Crippen LogP contribution in [0.2, 0.25) is 0 Å². The van der Waals surface area contributed by atoms with Crippen LogP contribution in [-0.4, -0.2) is 34.8 Å². The summed E-state index contributed by atoms with van der Waals surface area (Å²) in [6.45, 7) is -0.175. The summed E-state index contributed by atoms with van der Waals surface area (Å²) in [6, 6.07) is 8.55. The number of carbonyl (C=O) groups excluding carboxylic acids is 1. The van der Waals surface area contributed by atoms with E-state index in [1.54, 1.807) is 0 Å². The van der Waals surface area contributed by atoms with Crippen molar-refractivity contribution in [3.63, 3.8) is 0 Å². The molecule has 1 fully saturated rings. The Bertz CT molecular complexity index is 404. The fourth-order valence-electron chi connectivity index (χ4n) is 1.67. The van der Waals surface area contributed by atoms with Crippen molar-refractivity contribution in [3.8, 4) is 0 Å². The van der Waals surface area contributed by atoms with Gasteiger partial charge in [0.25, 0.3) is 0 Å². The Labute approximate surface area is 92.2 Å². The molecule has 1 unspecified atom stereocenters. The van der Waals surface area contributed by atoms with Crippen LogP contribution in [0, 0.1) is 0 Å². The largest absolute Gasteiger partial charge is 0.465 e. The average Bonchev–Trinajstić information content (AvgIpc) is 2.62. The van der Waals surface area contributed by atoms with Crippen LogP contribution < -0.4 is 0 Å². The lowest BCUT2D eigenvalue weighted by Gasteiger charge is -2.16. The van der Waals surface area contributed by atoms with Crippen LogP contribution in [0.5, 0.6) is 0 Å². The summed E-state index contributed by atoms with van der Waals surface area (Å²) in [4.78, 5) is 23.2. The number of benzene rings is 1. The number of esters is 1. The second-order valence-corrected chi connectivity index (χ2v) is 3.55. The Hall–Kier alpha value is -2.04. The Morgan fingerprint density at radius 1 is 1.44 bits per heavy atom. The molecular formula is C11H11NO4. The first-order chi connectivity index (χ1) is 7.68. The predicted octanol–water partition coefficient (Wildman–Crippen LogP) is 1.09. The van der Waals surface area contributed by atoms with E-state index in [0.29, 0.717) is 6.42 Å². The molecule has 1 aromatic rings. The Balaban J connectivity index is 2.13. The van der Waals surface area contributed by atoms with E-state index >= 15 is 0 Å². The summed E-state index contributed by atoms with van der Waals surface area (Å²) >= 11 is 0.